The summed E-state index contributed by atoms with van der Waals surface area (Å²) < 4.78 is 0.790. The Morgan fingerprint density at radius 1 is 1.33 bits per heavy atom. The Morgan fingerprint density at radius 2 is 2.11 bits per heavy atom. The van der Waals surface area contributed by atoms with E-state index in [0.29, 0.717) is 11.3 Å². The maximum atomic E-state index is 11.9. The van der Waals surface area contributed by atoms with Gasteiger partial charge >= 0.3 is 0 Å². The summed E-state index contributed by atoms with van der Waals surface area (Å²) in [5.74, 6) is -0.138. The first-order valence-corrected chi connectivity index (χ1v) is 5.77. The minimum Gasteiger partial charge on any atom is -0.398 e. The molecular weight excluding hydrogens is 300 g/mol. The second kappa shape index (κ2) is 5.01. The average molecular weight is 309 g/mol. The smallest absolute Gasteiger partial charge is 0.264 e. The molecule has 4 N–H and O–H groups in total. The monoisotopic (exact) mass is 308 g/mol. The third-order valence-electron chi connectivity index (χ3n) is 2.18. The molecule has 1 heterocycles. The van der Waals surface area contributed by atoms with Crippen LogP contribution in [0.15, 0.2) is 39.6 Å². The second-order valence-electron chi connectivity index (χ2n) is 3.49. The minimum atomic E-state index is -0.389. The van der Waals surface area contributed by atoms with Crippen LogP contribution < -0.4 is 16.6 Å². The van der Waals surface area contributed by atoms with Gasteiger partial charge in [-0.25, -0.2) is 5.10 Å². The Morgan fingerprint density at radius 3 is 2.72 bits per heavy atom. The normalized spacial score (nSPS) is 10.1. The van der Waals surface area contributed by atoms with E-state index in [-0.39, 0.29) is 17.3 Å². The average Bonchev–Trinajstić information content (AvgIpc) is 2.32. The number of anilines is 2. The molecule has 0 bridgehead atoms. The number of amides is 1. The van der Waals surface area contributed by atoms with Gasteiger partial charge in [-0.2, -0.15) is 5.10 Å². The van der Waals surface area contributed by atoms with Crippen LogP contribution in [0.25, 0.3) is 0 Å². The van der Waals surface area contributed by atoms with E-state index >= 15 is 0 Å². The number of H-pyrrole nitrogens is 1. The van der Waals surface area contributed by atoms with Crippen LogP contribution in [-0.2, 0) is 0 Å². The fourth-order valence-electron chi connectivity index (χ4n) is 1.34. The summed E-state index contributed by atoms with van der Waals surface area (Å²) >= 11 is 3.26. The fraction of sp³-hybridized carbons (Fsp3) is 0. The van der Waals surface area contributed by atoms with Crippen molar-refractivity contribution in [1.29, 1.82) is 0 Å². The van der Waals surface area contributed by atoms with Gasteiger partial charge in [0, 0.05) is 16.2 Å². The molecule has 1 amide bonds. The van der Waals surface area contributed by atoms with E-state index in [1.165, 1.54) is 12.1 Å². The summed E-state index contributed by atoms with van der Waals surface area (Å²) in [5, 5.41) is 8.42. The number of nitrogens with zero attached hydrogens (tertiary/aromatic N) is 1. The lowest BCUT2D eigenvalue weighted by molar-refractivity contribution is 0.102. The van der Waals surface area contributed by atoms with E-state index in [4.69, 9.17) is 5.73 Å². The predicted molar refractivity (Wildman–Crippen MR) is 71.4 cm³/mol. The number of benzene rings is 1. The third-order valence-corrected chi connectivity index (χ3v) is 2.67. The molecule has 6 nitrogen and oxygen atoms in total. The SMILES string of the molecule is Nc1cc(Br)ccc1C(=O)Nc1ccc(=O)[nH]n1. The molecule has 1 aromatic carbocycles. The number of carbonyl (C=O) groups excluding carboxylic acids is 1. The molecule has 0 fully saturated rings. The number of rotatable bonds is 2. The molecular formula is C11H9BrN4O2. The molecule has 2 aromatic rings. The van der Waals surface area contributed by atoms with E-state index < -0.39 is 0 Å². The van der Waals surface area contributed by atoms with Crippen molar-refractivity contribution in [2.24, 2.45) is 0 Å². The highest BCUT2D eigenvalue weighted by atomic mass is 79.9. The van der Waals surface area contributed by atoms with Crippen molar-refractivity contribution >= 4 is 33.3 Å². The van der Waals surface area contributed by atoms with Crippen LogP contribution in [-0.4, -0.2) is 16.1 Å². The van der Waals surface area contributed by atoms with Crippen molar-refractivity contribution < 1.29 is 4.79 Å². The number of nitrogens with one attached hydrogen (secondary N) is 2. The second-order valence-corrected chi connectivity index (χ2v) is 4.41. The van der Waals surface area contributed by atoms with Gasteiger partial charge in [-0.1, -0.05) is 15.9 Å². The molecule has 0 aliphatic heterocycles. The topological polar surface area (TPSA) is 101 Å². The first-order valence-electron chi connectivity index (χ1n) is 4.98. The van der Waals surface area contributed by atoms with Gasteiger partial charge in [0.15, 0.2) is 5.82 Å². The number of hydrogen-bond donors (Lipinski definition) is 3. The standard InChI is InChI=1S/C11H9BrN4O2/c12-6-1-2-7(8(13)5-6)11(18)14-9-3-4-10(17)16-15-9/h1-5H,13H2,(H,16,17)(H,14,15,18). The van der Waals surface area contributed by atoms with Crippen molar-refractivity contribution in [2.45, 2.75) is 0 Å². The molecule has 18 heavy (non-hydrogen) atoms. The first kappa shape index (κ1) is 12.3. The molecule has 0 unspecified atom stereocenters. The Hall–Kier alpha value is -2.15. The van der Waals surface area contributed by atoms with E-state index in [1.807, 2.05) is 0 Å². The summed E-state index contributed by atoms with van der Waals surface area (Å²) in [4.78, 5) is 22.7. The summed E-state index contributed by atoms with van der Waals surface area (Å²) in [6.07, 6.45) is 0. The van der Waals surface area contributed by atoms with Gasteiger partial charge in [0.1, 0.15) is 0 Å². The van der Waals surface area contributed by atoms with Gasteiger partial charge in [-0.15, -0.1) is 0 Å². The summed E-state index contributed by atoms with van der Waals surface area (Å²) in [5.41, 5.74) is 6.09. The molecule has 1 aromatic heterocycles. The number of carbonyl (C=O) groups is 1. The molecule has 0 atom stereocenters. The van der Waals surface area contributed by atoms with Crippen LogP contribution >= 0.6 is 15.9 Å². The van der Waals surface area contributed by atoms with Crippen molar-refractivity contribution in [3.05, 3.63) is 50.7 Å². The molecule has 2 rings (SSSR count). The van der Waals surface area contributed by atoms with E-state index in [1.54, 1.807) is 18.2 Å². The highest BCUT2D eigenvalue weighted by molar-refractivity contribution is 9.10. The zero-order valence-corrected chi connectivity index (χ0v) is 10.7. The van der Waals surface area contributed by atoms with Crippen molar-refractivity contribution in [3.63, 3.8) is 0 Å². The van der Waals surface area contributed by atoms with Crippen LogP contribution in [0.4, 0.5) is 11.5 Å². The lowest BCUT2D eigenvalue weighted by atomic mass is 10.1. The highest BCUT2D eigenvalue weighted by Crippen LogP contribution is 2.19. The number of nitrogen functional groups attached to an aromatic ring is 1. The zero-order valence-electron chi connectivity index (χ0n) is 9.11. The van der Waals surface area contributed by atoms with Crippen LogP contribution in [0.2, 0.25) is 0 Å². The maximum Gasteiger partial charge on any atom is 0.264 e. The van der Waals surface area contributed by atoms with E-state index in [2.05, 4.69) is 31.4 Å². The van der Waals surface area contributed by atoms with Gasteiger partial charge in [-0.05, 0) is 24.3 Å². The maximum absolute atomic E-state index is 11.9. The Kier molecular flexibility index (Phi) is 3.42. The molecule has 0 spiro atoms. The van der Waals surface area contributed by atoms with E-state index in [0.717, 1.165) is 4.47 Å². The number of halogens is 1. The Bertz CT molecular complexity index is 633. The lowest BCUT2D eigenvalue weighted by Crippen LogP contribution is -2.17. The van der Waals surface area contributed by atoms with Crippen LogP contribution in [0, 0.1) is 0 Å². The van der Waals surface area contributed by atoms with Gasteiger partial charge in [0.2, 0.25) is 0 Å². The fourth-order valence-corrected chi connectivity index (χ4v) is 1.72. The predicted octanol–water partition coefficient (Wildman–Crippen LogP) is 1.37. The molecule has 0 saturated heterocycles. The van der Waals surface area contributed by atoms with E-state index in [9.17, 15) is 9.59 Å². The Labute approximate surface area is 110 Å². The summed E-state index contributed by atoms with van der Waals surface area (Å²) in [6, 6.07) is 7.63. The number of aromatic nitrogens is 2. The molecule has 0 saturated carbocycles. The van der Waals surface area contributed by atoms with Gasteiger partial charge in [-0.3, -0.25) is 9.59 Å². The van der Waals surface area contributed by atoms with Crippen molar-refractivity contribution in [2.75, 3.05) is 11.1 Å². The number of nitrogens with two attached hydrogens (primary N) is 1. The number of hydrogen-bond acceptors (Lipinski definition) is 4. The van der Waals surface area contributed by atoms with Gasteiger partial charge in [0.05, 0.1) is 5.56 Å². The number of aromatic amines is 1. The van der Waals surface area contributed by atoms with Crippen LogP contribution in [0.1, 0.15) is 10.4 Å². The van der Waals surface area contributed by atoms with Crippen molar-refractivity contribution in [1.82, 2.24) is 10.2 Å². The van der Waals surface area contributed by atoms with Gasteiger partial charge in [0.25, 0.3) is 11.5 Å². The molecule has 0 aliphatic rings. The van der Waals surface area contributed by atoms with Crippen LogP contribution in [0.5, 0.6) is 0 Å². The van der Waals surface area contributed by atoms with Crippen molar-refractivity contribution in [3.8, 4) is 0 Å². The largest absolute Gasteiger partial charge is 0.398 e. The quantitative estimate of drug-likeness (QED) is 0.729. The minimum absolute atomic E-state index is 0.252. The first-order chi connectivity index (χ1) is 8.56. The third kappa shape index (κ3) is 2.75. The van der Waals surface area contributed by atoms with Gasteiger partial charge < -0.3 is 11.1 Å². The Balaban J connectivity index is 2.22. The molecule has 7 heteroatoms. The molecule has 0 aliphatic carbocycles. The molecule has 0 radical (unpaired) electrons. The summed E-state index contributed by atoms with van der Waals surface area (Å²) in [7, 11) is 0. The zero-order chi connectivity index (χ0) is 13.1. The highest BCUT2D eigenvalue weighted by Gasteiger charge is 2.10. The lowest BCUT2D eigenvalue weighted by Gasteiger charge is -2.06. The summed E-state index contributed by atoms with van der Waals surface area (Å²) in [6.45, 7) is 0. The molecule has 92 valence electrons. The van der Waals surface area contributed by atoms with Crippen LogP contribution in [0.3, 0.4) is 0 Å².